The first-order valence-corrected chi connectivity index (χ1v) is 6.45. The van der Waals surface area contributed by atoms with Gasteiger partial charge in [0.15, 0.2) is 0 Å². The third kappa shape index (κ3) is 2.26. The highest BCUT2D eigenvalue weighted by atomic mass is 16.1. The van der Waals surface area contributed by atoms with Crippen LogP contribution < -0.4 is 5.32 Å². The molecule has 98 valence electrons. The Morgan fingerprint density at radius 1 is 1.05 bits per heavy atom. The minimum Gasteiger partial charge on any atom is -0.313 e. The third-order valence-corrected chi connectivity index (χ3v) is 3.28. The summed E-state index contributed by atoms with van der Waals surface area (Å²) in [6.45, 7) is 2.05. The second-order valence-electron chi connectivity index (χ2n) is 4.71. The molecule has 3 aromatic rings. The van der Waals surface area contributed by atoms with Gasteiger partial charge in [0, 0.05) is 10.9 Å². The summed E-state index contributed by atoms with van der Waals surface area (Å²) in [4.78, 5) is 15.3. The molecule has 0 radical (unpaired) electrons. The van der Waals surface area contributed by atoms with Gasteiger partial charge in [-0.1, -0.05) is 48.0 Å². The Bertz CT molecular complexity index is 764. The molecule has 3 rings (SSSR count). The molecule has 3 nitrogen and oxygen atoms in total. The molecular weight excluding hydrogens is 248 g/mol. The van der Waals surface area contributed by atoms with Gasteiger partial charge in [-0.05, 0) is 24.6 Å². The molecule has 1 aromatic heterocycles. The molecule has 20 heavy (non-hydrogen) atoms. The van der Waals surface area contributed by atoms with Crippen LogP contribution in [0.1, 0.15) is 5.56 Å². The number of nitrogens with one attached hydrogen (secondary N) is 1. The maximum Gasteiger partial charge on any atom is 0.212 e. The first-order chi connectivity index (χ1) is 9.78. The fourth-order valence-electron chi connectivity index (χ4n) is 2.23. The Hall–Kier alpha value is -2.68. The van der Waals surface area contributed by atoms with Gasteiger partial charge in [-0.3, -0.25) is 4.79 Å². The largest absolute Gasteiger partial charge is 0.313 e. The molecule has 0 fully saturated rings. The summed E-state index contributed by atoms with van der Waals surface area (Å²) >= 11 is 0. The summed E-state index contributed by atoms with van der Waals surface area (Å²) < 4.78 is 0. The Balaban J connectivity index is 2.23. The summed E-state index contributed by atoms with van der Waals surface area (Å²) in [5.41, 5.74) is 4.04. The number of fused-ring (bicyclic) bond motifs is 1. The molecule has 2 aromatic carbocycles. The molecule has 0 atom stereocenters. The lowest BCUT2D eigenvalue weighted by Gasteiger charge is -2.10. The van der Waals surface area contributed by atoms with Gasteiger partial charge in [-0.15, -0.1) is 0 Å². The Morgan fingerprint density at radius 2 is 1.80 bits per heavy atom. The second-order valence-corrected chi connectivity index (χ2v) is 4.71. The van der Waals surface area contributed by atoms with E-state index in [9.17, 15) is 4.79 Å². The van der Waals surface area contributed by atoms with Crippen molar-refractivity contribution >= 4 is 23.1 Å². The van der Waals surface area contributed by atoms with Crippen molar-refractivity contribution in [2.45, 2.75) is 6.92 Å². The van der Waals surface area contributed by atoms with E-state index in [1.807, 2.05) is 43.3 Å². The van der Waals surface area contributed by atoms with E-state index in [0.717, 1.165) is 22.0 Å². The standard InChI is InChI=1S/C17H14N2O/c1-12-6-8-13(9-7-12)15-10-14-4-2-3-5-16(14)19-17(15)18-11-20/h2-11H,1H3,(H,18,19,20). The average Bonchev–Trinajstić information content (AvgIpc) is 2.48. The number of rotatable bonds is 3. The average molecular weight is 262 g/mol. The van der Waals surface area contributed by atoms with Crippen molar-refractivity contribution in [3.63, 3.8) is 0 Å². The number of hydrogen-bond donors (Lipinski definition) is 1. The molecule has 0 aliphatic carbocycles. The Kier molecular flexibility index (Phi) is 3.17. The van der Waals surface area contributed by atoms with Crippen molar-refractivity contribution in [3.8, 4) is 11.1 Å². The number of benzene rings is 2. The molecule has 0 aliphatic heterocycles. The maximum absolute atomic E-state index is 10.8. The Morgan fingerprint density at radius 3 is 2.55 bits per heavy atom. The van der Waals surface area contributed by atoms with Gasteiger partial charge in [-0.2, -0.15) is 0 Å². The molecular formula is C17H14N2O. The topological polar surface area (TPSA) is 42.0 Å². The number of anilines is 1. The van der Waals surface area contributed by atoms with Crippen LogP contribution in [-0.4, -0.2) is 11.4 Å². The van der Waals surface area contributed by atoms with Crippen LogP contribution in [0.25, 0.3) is 22.0 Å². The van der Waals surface area contributed by atoms with Gasteiger partial charge in [0.25, 0.3) is 0 Å². The number of nitrogens with zero attached hydrogens (tertiary/aromatic N) is 1. The van der Waals surface area contributed by atoms with E-state index in [1.54, 1.807) is 0 Å². The second kappa shape index (κ2) is 5.13. The molecule has 0 spiro atoms. The van der Waals surface area contributed by atoms with E-state index >= 15 is 0 Å². The lowest BCUT2D eigenvalue weighted by Crippen LogP contribution is -2.00. The van der Waals surface area contributed by atoms with E-state index in [-0.39, 0.29) is 0 Å². The van der Waals surface area contributed by atoms with E-state index in [2.05, 4.69) is 28.5 Å². The van der Waals surface area contributed by atoms with Crippen molar-refractivity contribution in [3.05, 3.63) is 60.2 Å². The van der Waals surface area contributed by atoms with Crippen LogP contribution in [0.4, 0.5) is 5.82 Å². The molecule has 0 unspecified atom stereocenters. The van der Waals surface area contributed by atoms with Crippen molar-refractivity contribution in [1.29, 1.82) is 0 Å². The lowest BCUT2D eigenvalue weighted by atomic mass is 10.0. The van der Waals surface area contributed by atoms with Crippen LogP contribution in [0.2, 0.25) is 0 Å². The van der Waals surface area contributed by atoms with Crippen molar-refractivity contribution in [2.24, 2.45) is 0 Å². The smallest absolute Gasteiger partial charge is 0.212 e. The number of amides is 1. The van der Waals surface area contributed by atoms with E-state index in [0.29, 0.717) is 12.2 Å². The number of aryl methyl sites for hydroxylation is 1. The highest BCUT2D eigenvalue weighted by molar-refractivity contribution is 5.92. The number of carbonyl (C=O) groups is 1. The lowest BCUT2D eigenvalue weighted by molar-refractivity contribution is -0.105. The monoisotopic (exact) mass is 262 g/mol. The SMILES string of the molecule is Cc1ccc(-c2cc3ccccc3nc2NC=O)cc1. The molecule has 0 saturated carbocycles. The summed E-state index contributed by atoms with van der Waals surface area (Å²) in [5, 5.41) is 3.74. The molecule has 1 amide bonds. The van der Waals surface area contributed by atoms with E-state index in [4.69, 9.17) is 0 Å². The van der Waals surface area contributed by atoms with E-state index < -0.39 is 0 Å². The maximum atomic E-state index is 10.8. The van der Waals surface area contributed by atoms with Crippen LogP contribution in [0.15, 0.2) is 54.6 Å². The number of pyridine rings is 1. The molecule has 0 bridgehead atoms. The normalized spacial score (nSPS) is 10.4. The predicted molar refractivity (Wildman–Crippen MR) is 81.6 cm³/mol. The van der Waals surface area contributed by atoms with Gasteiger partial charge < -0.3 is 5.32 Å². The number of aromatic nitrogens is 1. The number of para-hydroxylation sites is 1. The van der Waals surface area contributed by atoms with Crippen molar-refractivity contribution in [1.82, 2.24) is 4.98 Å². The fraction of sp³-hybridized carbons (Fsp3) is 0.0588. The molecule has 1 N–H and O–H groups in total. The Labute approximate surface area is 117 Å². The highest BCUT2D eigenvalue weighted by Crippen LogP contribution is 2.29. The van der Waals surface area contributed by atoms with Gasteiger partial charge in [0.1, 0.15) is 5.82 Å². The summed E-state index contributed by atoms with van der Waals surface area (Å²) in [6.07, 6.45) is 0.662. The van der Waals surface area contributed by atoms with E-state index in [1.165, 1.54) is 5.56 Å². The zero-order chi connectivity index (χ0) is 13.9. The first kappa shape index (κ1) is 12.4. The van der Waals surface area contributed by atoms with Gasteiger partial charge in [0.2, 0.25) is 6.41 Å². The molecule has 3 heteroatoms. The van der Waals surface area contributed by atoms with Crippen molar-refractivity contribution in [2.75, 3.05) is 5.32 Å². The number of hydrogen-bond acceptors (Lipinski definition) is 2. The van der Waals surface area contributed by atoms with Gasteiger partial charge >= 0.3 is 0 Å². The number of carbonyl (C=O) groups excluding carboxylic acids is 1. The predicted octanol–water partition coefficient (Wildman–Crippen LogP) is 3.78. The zero-order valence-electron chi connectivity index (χ0n) is 11.1. The third-order valence-electron chi connectivity index (χ3n) is 3.28. The van der Waals surface area contributed by atoms with Crippen LogP contribution >= 0.6 is 0 Å². The van der Waals surface area contributed by atoms with Crippen LogP contribution in [-0.2, 0) is 4.79 Å². The quantitative estimate of drug-likeness (QED) is 0.730. The summed E-state index contributed by atoms with van der Waals surface area (Å²) in [7, 11) is 0. The van der Waals surface area contributed by atoms with Gasteiger partial charge in [0.05, 0.1) is 5.52 Å². The highest BCUT2D eigenvalue weighted by Gasteiger charge is 2.08. The van der Waals surface area contributed by atoms with Crippen LogP contribution in [0.3, 0.4) is 0 Å². The summed E-state index contributed by atoms with van der Waals surface area (Å²) in [5.74, 6) is 0.586. The minimum atomic E-state index is 0.586. The van der Waals surface area contributed by atoms with Gasteiger partial charge in [-0.25, -0.2) is 4.98 Å². The van der Waals surface area contributed by atoms with Crippen LogP contribution in [0.5, 0.6) is 0 Å². The van der Waals surface area contributed by atoms with Crippen molar-refractivity contribution < 1.29 is 4.79 Å². The zero-order valence-corrected chi connectivity index (χ0v) is 11.1. The fourth-order valence-corrected chi connectivity index (χ4v) is 2.23. The molecule has 0 aliphatic rings. The minimum absolute atomic E-state index is 0.586. The molecule has 0 saturated heterocycles. The first-order valence-electron chi connectivity index (χ1n) is 6.45. The summed E-state index contributed by atoms with van der Waals surface area (Å²) in [6, 6.07) is 18.1. The molecule has 1 heterocycles. The van der Waals surface area contributed by atoms with Crippen LogP contribution in [0, 0.1) is 6.92 Å².